The highest BCUT2D eigenvalue weighted by Gasteiger charge is 2.21. The van der Waals surface area contributed by atoms with Crippen LogP contribution < -0.4 is 9.62 Å². The maximum Gasteiger partial charge on any atom is 0.235 e. The van der Waals surface area contributed by atoms with E-state index in [0.717, 1.165) is 18.7 Å². The summed E-state index contributed by atoms with van der Waals surface area (Å²) in [4.78, 5) is 0. The lowest BCUT2D eigenvalue weighted by atomic mass is 10.3. The first-order chi connectivity index (χ1) is 9.63. The van der Waals surface area contributed by atoms with Crippen LogP contribution in [0.4, 0.5) is 5.69 Å². The Morgan fingerprint density at radius 2 is 1.90 bits per heavy atom. The summed E-state index contributed by atoms with van der Waals surface area (Å²) in [7, 11) is -3.21. The Kier molecular flexibility index (Phi) is 5.43. The lowest BCUT2D eigenvalue weighted by Crippen LogP contribution is -2.33. The zero-order chi connectivity index (χ0) is 14.4. The molecule has 4 nitrogen and oxygen atoms in total. The standard InChI is InChI=1S/C15H24N2O2S/c1-2-17(15-8-4-3-5-9-15)20(18,19)13-7-6-12-16-14-10-11-14/h3-5,8-9,14,16H,2,6-7,10-13H2,1H3. The molecule has 1 fully saturated rings. The normalized spacial score (nSPS) is 15.2. The van der Waals surface area contributed by atoms with E-state index in [2.05, 4.69) is 5.32 Å². The van der Waals surface area contributed by atoms with Crippen molar-refractivity contribution in [3.63, 3.8) is 0 Å². The van der Waals surface area contributed by atoms with Crippen LogP contribution in [0.1, 0.15) is 32.6 Å². The Morgan fingerprint density at radius 1 is 1.20 bits per heavy atom. The largest absolute Gasteiger partial charge is 0.314 e. The van der Waals surface area contributed by atoms with Crippen molar-refractivity contribution < 1.29 is 8.42 Å². The number of sulfonamides is 1. The summed E-state index contributed by atoms with van der Waals surface area (Å²) < 4.78 is 26.3. The minimum Gasteiger partial charge on any atom is -0.314 e. The number of hydrogen-bond acceptors (Lipinski definition) is 3. The van der Waals surface area contributed by atoms with E-state index >= 15 is 0 Å². The van der Waals surface area contributed by atoms with Gasteiger partial charge >= 0.3 is 0 Å². The summed E-state index contributed by atoms with van der Waals surface area (Å²) in [5.74, 6) is 0.224. The van der Waals surface area contributed by atoms with E-state index in [0.29, 0.717) is 19.0 Å². The van der Waals surface area contributed by atoms with Gasteiger partial charge in [-0.15, -0.1) is 0 Å². The van der Waals surface area contributed by atoms with E-state index in [9.17, 15) is 8.42 Å². The maximum absolute atomic E-state index is 12.4. The molecule has 0 radical (unpaired) electrons. The molecule has 0 saturated heterocycles. The third-order valence-corrected chi connectivity index (χ3v) is 5.45. The van der Waals surface area contributed by atoms with Gasteiger partial charge in [-0.2, -0.15) is 0 Å². The number of hydrogen-bond donors (Lipinski definition) is 1. The zero-order valence-corrected chi connectivity index (χ0v) is 12.9. The zero-order valence-electron chi connectivity index (χ0n) is 12.1. The minimum absolute atomic E-state index is 0.224. The molecule has 0 atom stereocenters. The van der Waals surface area contributed by atoms with Crippen LogP contribution >= 0.6 is 0 Å². The fraction of sp³-hybridized carbons (Fsp3) is 0.600. The SMILES string of the molecule is CCN(c1ccccc1)S(=O)(=O)CCCCNC1CC1. The molecule has 20 heavy (non-hydrogen) atoms. The number of benzene rings is 1. The van der Waals surface area contributed by atoms with E-state index < -0.39 is 10.0 Å². The first-order valence-corrected chi connectivity index (χ1v) is 9.03. The predicted molar refractivity (Wildman–Crippen MR) is 83.5 cm³/mol. The van der Waals surface area contributed by atoms with Gasteiger partial charge in [0.15, 0.2) is 0 Å². The molecule has 1 aromatic rings. The Labute approximate surface area is 122 Å². The minimum atomic E-state index is -3.21. The first-order valence-electron chi connectivity index (χ1n) is 7.42. The van der Waals surface area contributed by atoms with Crippen molar-refractivity contribution in [3.05, 3.63) is 30.3 Å². The van der Waals surface area contributed by atoms with Gasteiger partial charge in [0.1, 0.15) is 0 Å². The highest BCUT2D eigenvalue weighted by Crippen LogP contribution is 2.19. The molecule has 0 amide bonds. The molecule has 0 bridgehead atoms. The van der Waals surface area contributed by atoms with Gasteiger partial charge in [0.05, 0.1) is 11.4 Å². The van der Waals surface area contributed by atoms with Gasteiger partial charge in [-0.1, -0.05) is 18.2 Å². The van der Waals surface area contributed by atoms with Gasteiger partial charge in [0, 0.05) is 12.6 Å². The van der Waals surface area contributed by atoms with Crippen molar-refractivity contribution in [1.82, 2.24) is 5.32 Å². The summed E-state index contributed by atoms with van der Waals surface area (Å²) in [6.45, 7) is 3.28. The third-order valence-electron chi connectivity index (χ3n) is 3.51. The molecule has 0 aliphatic heterocycles. The summed E-state index contributed by atoms with van der Waals surface area (Å²) >= 11 is 0. The van der Waals surface area contributed by atoms with Crippen LogP contribution in [0, 0.1) is 0 Å². The van der Waals surface area contributed by atoms with Crippen molar-refractivity contribution in [2.24, 2.45) is 0 Å². The number of anilines is 1. The molecule has 1 aliphatic carbocycles. The maximum atomic E-state index is 12.4. The van der Waals surface area contributed by atoms with Gasteiger partial charge < -0.3 is 5.32 Å². The predicted octanol–water partition coefficient (Wildman–Crippen LogP) is 2.37. The second-order valence-electron chi connectivity index (χ2n) is 5.25. The van der Waals surface area contributed by atoms with Gasteiger partial charge in [-0.3, -0.25) is 4.31 Å². The monoisotopic (exact) mass is 296 g/mol. The molecule has 0 aromatic heterocycles. The van der Waals surface area contributed by atoms with Crippen molar-refractivity contribution in [2.75, 3.05) is 23.1 Å². The molecule has 0 spiro atoms. The van der Waals surface area contributed by atoms with E-state index in [-0.39, 0.29) is 5.75 Å². The Hall–Kier alpha value is -1.07. The second kappa shape index (κ2) is 7.09. The van der Waals surface area contributed by atoms with Crippen molar-refractivity contribution in [3.8, 4) is 0 Å². The highest BCUT2D eigenvalue weighted by atomic mass is 32.2. The van der Waals surface area contributed by atoms with E-state index in [1.165, 1.54) is 17.1 Å². The first kappa shape index (κ1) is 15.3. The van der Waals surface area contributed by atoms with Crippen LogP contribution in [-0.2, 0) is 10.0 Å². The average molecular weight is 296 g/mol. The van der Waals surface area contributed by atoms with Crippen molar-refractivity contribution in [2.45, 2.75) is 38.6 Å². The molecule has 0 unspecified atom stereocenters. The third kappa shape index (κ3) is 4.49. The summed E-state index contributed by atoms with van der Waals surface area (Å²) in [5, 5.41) is 3.41. The smallest absolute Gasteiger partial charge is 0.235 e. The fourth-order valence-electron chi connectivity index (χ4n) is 2.25. The van der Waals surface area contributed by atoms with Crippen molar-refractivity contribution in [1.29, 1.82) is 0 Å². The molecule has 5 heteroatoms. The average Bonchev–Trinajstić information content (AvgIpc) is 3.24. The number of nitrogens with one attached hydrogen (secondary N) is 1. The van der Waals surface area contributed by atoms with E-state index in [1.54, 1.807) is 0 Å². The van der Waals surface area contributed by atoms with Gasteiger partial charge in [-0.25, -0.2) is 8.42 Å². The summed E-state index contributed by atoms with van der Waals surface area (Å²) in [6.07, 6.45) is 4.18. The molecule has 1 aliphatic rings. The molecule has 0 heterocycles. The Balaban J connectivity index is 1.83. The molecular formula is C15H24N2O2S. The molecule has 1 aromatic carbocycles. The Bertz CT molecular complexity index is 498. The molecule has 1 N–H and O–H groups in total. The van der Waals surface area contributed by atoms with E-state index in [1.807, 2.05) is 37.3 Å². The van der Waals surface area contributed by atoms with Crippen molar-refractivity contribution >= 4 is 15.7 Å². The van der Waals surface area contributed by atoms with Gasteiger partial charge in [0.2, 0.25) is 10.0 Å². The number of rotatable bonds is 9. The summed E-state index contributed by atoms with van der Waals surface area (Å²) in [5.41, 5.74) is 0.756. The molecule has 2 rings (SSSR count). The van der Waals surface area contributed by atoms with Crippen LogP contribution in [0.15, 0.2) is 30.3 Å². The van der Waals surface area contributed by atoms with Crippen LogP contribution in [-0.4, -0.2) is 33.3 Å². The lowest BCUT2D eigenvalue weighted by Gasteiger charge is -2.22. The highest BCUT2D eigenvalue weighted by molar-refractivity contribution is 7.92. The summed E-state index contributed by atoms with van der Waals surface area (Å²) in [6, 6.07) is 10.0. The number of nitrogens with zero attached hydrogens (tertiary/aromatic N) is 1. The van der Waals surface area contributed by atoms with Crippen LogP contribution in [0.5, 0.6) is 0 Å². The quantitative estimate of drug-likeness (QED) is 0.712. The topological polar surface area (TPSA) is 49.4 Å². The van der Waals surface area contributed by atoms with Crippen LogP contribution in [0.2, 0.25) is 0 Å². The Morgan fingerprint density at radius 3 is 2.50 bits per heavy atom. The lowest BCUT2D eigenvalue weighted by molar-refractivity contribution is 0.582. The number of unbranched alkanes of at least 4 members (excludes halogenated alkanes) is 1. The van der Waals surface area contributed by atoms with Gasteiger partial charge in [-0.05, 0) is 51.3 Å². The van der Waals surface area contributed by atoms with Gasteiger partial charge in [0.25, 0.3) is 0 Å². The fourth-order valence-corrected chi connectivity index (χ4v) is 3.87. The number of para-hydroxylation sites is 1. The molecule has 112 valence electrons. The molecular weight excluding hydrogens is 272 g/mol. The molecule has 1 saturated carbocycles. The van der Waals surface area contributed by atoms with Crippen LogP contribution in [0.25, 0.3) is 0 Å². The van der Waals surface area contributed by atoms with Crippen LogP contribution in [0.3, 0.4) is 0 Å². The second-order valence-corrected chi connectivity index (χ2v) is 7.26. The van der Waals surface area contributed by atoms with E-state index in [4.69, 9.17) is 0 Å².